The van der Waals surface area contributed by atoms with Gasteiger partial charge in [-0.1, -0.05) is 0 Å². The van der Waals surface area contributed by atoms with Crippen LogP contribution in [0.4, 0.5) is 0 Å². The summed E-state index contributed by atoms with van der Waals surface area (Å²) in [4.78, 5) is 0.136. The molecular weight excluding hydrogens is 290 g/mol. The van der Waals surface area contributed by atoms with E-state index in [0.29, 0.717) is 30.5 Å². The van der Waals surface area contributed by atoms with Crippen molar-refractivity contribution < 1.29 is 13.2 Å². The second-order valence-electron chi connectivity index (χ2n) is 5.48. The minimum absolute atomic E-state index is 0.136. The lowest BCUT2D eigenvalue weighted by Gasteiger charge is -2.19. The number of nitrogens with one attached hydrogen (secondary N) is 1. The molecule has 2 fully saturated rings. The fourth-order valence-corrected chi connectivity index (χ4v) is 4.79. The Morgan fingerprint density at radius 2 is 2.00 bits per heavy atom. The number of nitrogens with zero attached hydrogens (tertiary/aromatic N) is 2. The number of ether oxygens (including phenoxy) is 1. The summed E-state index contributed by atoms with van der Waals surface area (Å²) >= 11 is 0. The van der Waals surface area contributed by atoms with E-state index >= 15 is 0 Å². The van der Waals surface area contributed by atoms with Crippen molar-refractivity contribution in [2.24, 2.45) is 11.8 Å². The molecule has 0 aliphatic carbocycles. The lowest BCUT2D eigenvalue weighted by atomic mass is 10.0. The third-order valence-corrected chi connectivity index (χ3v) is 6.14. The Morgan fingerprint density at radius 1 is 1.33 bits per heavy atom. The van der Waals surface area contributed by atoms with Gasteiger partial charge in [-0.2, -0.15) is 9.57 Å². The molecule has 2 heterocycles. The summed E-state index contributed by atoms with van der Waals surface area (Å²) in [5, 5.41) is 12.2. The van der Waals surface area contributed by atoms with Crippen LogP contribution < -0.4 is 10.1 Å². The first-order valence-corrected chi connectivity index (χ1v) is 8.29. The molecule has 1 N–H and O–H groups in total. The molecule has 2 aliphatic heterocycles. The minimum Gasteiger partial charge on any atom is -0.495 e. The summed E-state index contributed by atoms with van der Waals surface area (Å²) in [6, 6.07) is 6.41. The second kappa shape index (κ2) is 5.30. The van der Waals surface area contributed by atoms with Crippen LogP contribution in [-0.2, 0) is 10.0 Å². The van der Waals surface area contributed by atoms with Crippen molar-refractivity contribution >= 4 is 10.0 Å². The Bertz CT molecular complexity index is 684. The van der Waals surface area contributed by atoms with E-state index in [4.69, 9.17) is 10.00 Å². The Hall–Kier alpha value is -1.62. The van der Waals surface area contributed by atoms with Gasteiger partial charge >= 0.3 is 0 Å². The van der Waals surface area contributed by atoms with Crippen LogP contribution in [0.2, 0.25) is 0 Å². The van der Waals surface area contributed by atoms with Crippen LogP contribution in [0, 0.1) is 23.2 Å². The van der Waals surface area contributed by atoms with E-state index in [9.17, 15) is 8.42 Å². The van der Waals surface area contributed by atoms with E-state index < -0.39 is 10.0 Å². The fraction of sp³-hybridized carbons (Fsp3) is 0.500. The summed E-state index contributed by atoms with van der Waals surface area (Å²) in [6.45, 7) is 2.84. The molecule has 6 nitrogen and oxygen atoms in total. The summed E-state index contributed by atoms with van der Waals surface area (Å²) in [7, 11) is -2.16. The highest BCUT2D eigenvalue weighted by Crippen LogP contribution is 2.34. The third kappa shape index (κ3) is 2.39. The van der Waals surface area contributed by atoms with Crippen molar-refractivity contribution in [1.29, 1.82) is 5.26 Å². The first-order valence-electron chi connectivity index (χ1n) is 6.85. The van der Waals surface area contributed by atoms with E-state index in [2.05, 4.69) is 5.32 Å². The van der Waals surface area contributed by atoms with Crippen LogP contribution in [0.15, 0.2) is 23.1 Å². The average molecular weight is 307 g/mol. The zero-order valence-electron chi connectivity index (χ0n) is 11.7. The van der Waals surface area contributed by atoms with Gasteiger partial charge in [0.05, 0.1) is 18.7 Å². The van der Waals surface area contributed by atoms with Crippen LogP contribution in [0.25, 0.3) is 0 Å². The van der Waals surface area contributed by atoms with E-state index in [1.165, 1.54) is 29.6 Å². The topological polar surface area (TPSA) is 82.4 Å². The quantitative estimate of drug-likeness (QED) is 0.874. The lowest BCUT2D eigenvalue weighted by Crippen LogP contribution is -2.32. The van der Waals surface area contributed by atoms with Crippen molar-refractivity contribution in [2.75, 3.05) is 33.3 Å². The molecule has 0 bridgehead atoms. The Labute approximate surface area is 124 Å². The molecule has 0 aromatic heterocycles. The van der Waals surface area contributed by atoms with Gasteiger partial charge in [0.15, 0.2) is 0 Å². The second-order valence-corrected chi connectivity index (χ2v) is 7.38. The zero-order valence-corrected chi connectivity index (χ0v) is 12.6. The molecule has 2 saturated heterocycles. The van der Waals surface area contributed by atoms with Gasteiger partial charge in [-0.25, -0.2) is 8.42 Å². The van der Waals surface area contributed by atoms with E-state index in [1.54, 1.807) is 0 Å². The van der Waals surface area contributed by atoms with Crippen molar-refractivity contribution in [2.45, 2.75) is 4.90 Å². The minimum atomic E-state index is -3.58. The predicted octanol–water partition coefficient (Wildman–Crippen LogP) is 0.407. The highest BCUT2D eigenvalue weighted by Gasteiger charge is 2.42. The number of methoxy groups -OCH3 is 1. The molecule has 2 atom stereocenters. The van der Waals surface area contributed by atoms with Crippen LogP contribution in [-0.4, -0.2) is 46.0 Å². The number of hydrogen-bond donors (Lipinski definition) is 1. The van der Waals surface area contributed by atoms with Gasteiger partial charge in [0.25, 0.3) is 0 Å². The fourth-order valence-electron chi connectivity index (χ4n) is 3.10. The molecule has 0 amide bonds. The molecule has 0 radical (unpaired) electrons. The molecular formula is C14H17N3O3S. The monoisotopic (exact) mass is 307 g/mol. The molecule has 0 unspecified atom stereocenters. The summed E-state index contributed by atoms with van der Waals surface area (Å²) in [5.74, 6) is 1.01. The van der Waals surface area contributed by atoms with E-state index in [0.717, 1.165) is 13.1 Å². The van der Waals surface area contributed by atoms with E-state index in [1.807, 2.05) is 6.07 Å². The highest BCUT2D eigenvalue weighted by molar-refractivity contribution is 7.89. The maximum Gasteiger partial charge on any atom is 0.246 e. The normalized spacial score (nSPS) is 25.5. The number of benzene rings is 1. The van der Waals surface area contributed by atoms with Gasteiger partial charge in [0.2, 0.25) is 10.0 Å². The standard InChI is InChI=1S/C14H17N3O3S/c1-20-13-4-10(5-15)2-3-14(13)21(18,19)17-8-11-6-16-7-12(11)9-17/h2-4,11-12,16H,6-9H2,1H3/t11-,12+. The van der Waals surface area contributed by atoms with Gasteiger partial charge in [0, 0.05) is 13.1 Å². The van der Waals surface area contributed by atoms with Crippen LogP contribution in [0.1, 0.15) is 5.56 Å². The number of rotatable bonds is 3. The van der Waals surface area contributed by atoms with Crippen LogP contribution in [0.5, 0.6) is 5.75 Å². The number of sulfonamides is 1. The number of nitriles is 1. The summed E-state index contributed by atoms with van der Waals surface area (Å²) in [5.41, 5.74) is 0.383. The number of hydrogen-bond acceptors (Lipinski definition) is 5. The maximum absolute atomic E-state index is 12.8. The number of fused-ring (bicyclic) bond motifs is 1. The van der Waals surface area contributed by atoms with Crippen molar-refractivity contribution in [3.05, 3.63) is 23.8 Å². The molecule has 2 aliphatic rings. The molecule has 112 valence electrons. The molecule has 21 heavy (non-hydrogen) atoms. The van der Waals surface area contributed by atoms with Crippen molar-refractivity contribution in [1.82, 2.24) is 9.62 Å². The van der Waals surface area contributed by atoms with Gasteiger partial charge in [-0.3, -0.25) is 0 Å². The Kier molecular flexibility index (Phi) is 3.61. The average Bonchev–Trinajstić information content (AvgIpc) is 3.08. The molecule has 1 aromatic rings. The molecule has 3 rings (SSSR count). The summed E-state index contributed by atoms with van der Waals surface area (Å²) in [6.07, 6.45) is 0. The first kappa shape index (κ1) is 14.3. The van der Waals surface area contributed by atoms with Crippen molar-refractivity contribution in [3.8, 4) is 11.8 Å². The maximum atomic E-state index is 12.8. The summed E-state index contributed by atoms with van der Waals surface area (Å²) < 4.78 is 32.3. The Balaban J connectivity index is 1.94. The largest absolute Gasteiger partial charge is 0.495 e. The van der Waals surface area contributed by atoms with Gasteiger partial charge in [-0.15, -0.1) is 0 Å². The first-order chi connectivity index (χ1) is 10.1. The zero-order chi connectivity index (χ0) is 15.0. The molecule has 7 heteroatoms. The lowest BCUT2D eigenvalue weighted by molar-refractivity contribution is 0.396. The van der Waals surface area contributed by atoms with Crippen LogP contribution in [0.3, 0.4) is 0 Å². The third-order valence-electron chi connectivity index (χ3n) is 4.27. The van der Waals surface area contributed by atoms with Gasteiger partial charge < -0.3 is 10.1 Å². The molecule has 0 saturated carbocycles. The van der Waals surface area contributed by atoms with Crippen LogP contribution >= 0.6 is 0 Å². The van der Waals surface area contributed by atoms with E-state index in [-0.39, 0.29) is 10.6 Å². The Morgan fingerprint density at radius 3 is 2.57 bits per heavy atom. The molecule has 0 spiro atoms. The SMILES string of the molecule is COc1cc(C#N)ccc1S(=O)(=O)N1C[C@H]2CNC[C@H]2C1. The van der Waals surface area contributed by atoms with Gasteiger partial charge in [0.1, 0.15) is 10.6 Å². The predicted molar refractivity (Wildman–Crippen MR) is 76.3 cm³/mol. The van der Waals surface area contributed by atoms with Crippen molar-refractivity contribution in [3.63, 3.8) is 0 Å². The van der Waals surface area contributed by atoms with Gasteiger partial charge in [-0.05, 0) is 43.1 Å². The smallest absolute Gasteiger partial charge is 0.246 e. The molecule has 1 aromatic carbocycles. The highest BCUT2D eigenvalue weighted by atomic mass is 32.2.